The molecule has 2 rings (SSSR count). The van der Waals surface area contributed by atoms with Gasteiger partial charge in [0, 0.05) is 32.7 Å². The maximum Gasteiger partial charge on any atom is 0.191 e. The minimum atomic E-state index is -0.283. The number of hydrogen-bond acceptors (Lipinski definition) is 4. The number of nitrogens with one attached hydrogen (secondary N) is 2. The molecule has 1 aliphatic heterocycles. The average Bonchev–Trinajstić information content (AvgIpc) is 2.90. The Labute approximate surface area is 192 Å². The summed E-state index contributed by atoms with van der Waals surface area (Å²) in [5, 5.41) is 6.68. The van der Waals surface area contributed by atoms with E-state index in [4.69, 9.17) is 4.74 Å². The Morgan fingerprint density at radius 1 is 1.24 bits per heavy atom. The number of guanidine groups is 1. The number of likely N-dealkylation sites (N-methyl/N-ethyl adjacent to an activating group) is 1. The second-order valence-corrected chi connectivity index (χ2v) is 7.34. The van der Waals surface area contributed by atoms with Crippen LogP contribution in [0.25, 0.3) is 0 Å². The minimum Gasteiger partial charge on any atom is -0.489 e. The lowest BCUT2D eigenvalue weighted by atomic mass is 10.2. The molecule has 29 heavy (non-hydrogen) atoms. The smallest absolute Gasteiger partial charge is 0.191 e. The molecule has 0 aromatic heterocycles. The summed E-state index contributed by atoms with van der Waals surface area (Å²) in [6.07, 6.45) is 3.11. The normalized spacial score (nSPS) is 17.2. The third kappa shape index (κ3) is 10.5. The molecule has 166 valence electrons. The van der Waals surface area contributed by atoms with Crippen molar-refractivity contribution in [1.82, 2.24) is 20.4 Å². The van der Waals surface area contributed by atoms with Gasteiger partial charge in [0.2, 0.25) is 0 Å². The third-order valence-corrected chi connectivity index (χ3v) is 5.03. The van der Waals surface area contributed by atoms with E-state index >= 15 is 0 Å². The van der Waals surface area contributed by atoms with Gasteiger partial charge in [0.05, 0.1) is 6.54 Å². The first-order valence-corrected chi connectivity index (χ1v) is 10.4. The van der Waals surface area contributed by atoms with E-state index in [1.165, 1.54) is 31.6 Å². The lowest BCUT2D eigenvalue weighted by molar-refractivity contribution is 0.198. The molecule has 0 spiro atoms. The molecular formula is C21H37FIN5O. The van der Waals surface area contributed by atoms with Gasteiger partial charge in [0.15, 0.2) is 5.96 Å². The summed E-state index contributed by atoms with van der Waals surface area (Å²) in [7, 11) is 3.97. The molecule has 1 saturated heterocycles. The summed E-state index contributed by atoms with van der Waals surface area (Å²) in [5.41, 5.74) is 0. The van der Waals surface area contributed by atoms with E-state index in [9.17, 15) is 4.39 Å². The molecule has 1 heterocycles. The van der Waals surface area contributed by atoms with Gasteiger partial charge in [-0.05, 0) is 58.1 Å². The Kier molecular flexibility index (Phi) is 13.2. The molecule has 1 aromatic carbocycles. The largest absolute Gasteiger partial charge is 0.489 e. The Morgan fingerprint density at radius 2 is 2.07 bits per heavy atom. The van der Waals surface area contributed by atoms with Crippen LogP contribution in [0.5, 0.6) is 5.75 Å². The summed E-state index contributed by atoms with van der Waals surface area (Å²) in [5.74, 6) is 1.05. The molecule has 1 unspecified atom stereocenters. The summed E-state index contributed by atoms with van der Waals surface area (Å²) in [6, 6.07) is 6.27. The van der Waals surface area contributed by atoms with Crippen molar-refractivity contribution in [3.8, 4) is 5.75 Å². The zero-order chi connectivity index (χ0) is 20.2. The van der Waals surface area contributed by atoms with Crippen LogP contribution in [0.2, 0.25) is 0 Å². The second kappa shape index (κ2) is 14.8. The van der Waals surface area contributed by atoms with Crippen LogP contribution in [0.1, 0.15) is 26.2 Å². The molecule has 0 bridgehead atoms. The highest BCUT2D eigenvalue weighted by molar-refractivity contribution is 14.0. The van der Waals surface area contributed by atoms with E-state index in [2.05, 4.69) is 39.4 Å². The van der Waals surface area contributed by atoms with Crippen molar-refractivity contribution in [3.63, 3.8) is 0 Å². The summed E-state index contributed by atoms with van der Waals surface area (Å²) in [6.45, 7) is 9.35. The van der Waals surface area contributed by atoms with Crippen LogP contribution in [-0.4, -0.2) is 81.8 Å². The summed E-state index contributed by atoms with van der Waals surface area (Å²) < 4.78 is 19.2. The molecule has 1 aliphatic rings. The van der Waals surface area contributed by atoms with Gasteiger partial charge in [0.1, 0.15) is 17.7 Å². The van der Waals surface area contributed by atoms with Crippen LogP contribution >= 0.6 is 24.0 Å². The molecule has 1 fully saturated rings. The van der Waals surface area contributed by atoms with Crippen molar-refractivity contribution in [3.05, 3.63) is 30.1 Å². The molecular weight excluding hydrogens is 484 g/mol. The van der Waals surface area contributed by atoms with Crippen molar-refractivity contribution < 1.29 is 9.13 Å². The first-order valence-electron chi connectivity index (χ1n) is 10.4. The van der Waals surface area contributed by atoms with Gasteiger partial charge in [-0.2, -0.15) is 0 Å². The SMILES string of the molecule is CCC(CNC(=NC)NCCCN1CCCN(C)CC1)Oc1cccc(F)c1.I. The molecule has 1 atom stereocenters. The fourth-order valence-electron chi connectivity index (χ4n) is 3.27. The number of halogens is 2. The molecule has 0 amide bonds. The highest BCUT2D eigenvalue weighted by atomic mass is 127. The number of aliphatic imine (C=N–C) groups is 1. The predicted molar refractivity (Wildman–Crippen MR) is 129 cm³/mol. The van der Waals surface area contributed by atoms with Crippen molar-refractivity contribution in [2.24, 2.45) is 4.99 Å². The highest BCUT2D eigenvalue weighted by Crippen LogP contribution is 2.14. The highest BCUT2D eigenvalue weighted by Gasteiger charge is 2.12. The van der Waals surface area contributed by atoms with Gasteiger partial charge in [-0.15, -0.1) is 24.0 Å². The molecule has 2 N–H and O–H groups in total. The Bertz CT molecular complexity index is 604. The van der Waals surface area contributed by atoms with Gasteiger partial charge in [-0.25, -0.2) is 4.39 Å². The molecule has 1 aromatic rings. The van der Waals surface area contributed by atoms with Gasteiger partial charge >= 0.3 is 0 Å². The fraction of sp³-hybridized carbons (Fsp3) is 0.667. The minimum absolute atomic E-state index is 0. The van der Waals surface area contributed by atoms with E-state index in [0.29, 0.717) is 12.3 Å². The van der Waals surface area contributed by atoms with Crippen molar-refractivity contribution in [2.75, 3.05) is 59.9 Å². The Hall–Kier alpha value is -1.13. The van der Waals surface area contributed by atoms with E-state index in [1.807, 2.05) is 0 Å². The van der Waals surface area contributed by atoms with E-state index in [1.54, 1.807) is 19.2 Å². The number of nitrogens with zero attached hydrogens (tertiary/aromatic N) is 3. The molecule has 0 saturated carbocycles. The standard InChI is InChI=1S/C21H36FN5O.HI/c1-4-19(28-20-9-5-8-18(22)16-20)17-25-21(23-2)24-10-6-12-27-13-7-11-26(3)14-15-27;/h5,8-9,16,19H,4,6-7,10-15,17H2,1-3H3,(H2,23,24,25);1H. The van der Waals surface area contributed by atoms with E-state index < -0.39 is 0 Å². The number of rotatable bonds is 9. The number of benzene rings is 1. The van der Waals surface area contributed by atoms with Crippen molar-refractivity contribution in [1.29, 1.82) is 0 Å². The summed E-state index contributed by atoms with van der Waals surface area (Å²) >= 11 is 0. The van der Waals surface area contributed by atoms with Crippen LogP contribution in [0.15, 0.2) is 29.3 Å². The zero-order valence-corrected chi connectivity index (χ0v) is 20.3. The lowest BCUT2D eigenvalue weighted by Crippen LogP contribution is -2.43. The van der Waals surface area contributed by atoms with Crippen LogP contribution in [0, 0.1) is 5.82 Å². The monoisotopic (exact) mass is 521 g/mol. The van der Waals surface area contributed by atoms with Gasteiger partial charge in [0.25, 0.3) is 0 Å². The fourth-order valence-corrected chi connectivity index (χ4v) is 3.27. The number of hydrogen-bond donors (Lipinski definition) is 2. The maximum atomic E-state index is 13.3. The molecule has 0 radical (unpaired) electrons. The average molecular weight is 521 g/mol. The van der Waals surface area contributed by atoms with Crippen LogP contribution < -0.4 is 15.4 Å². The number of ether oxygens (including phenoxy) is 1. The molecule has 8 heteroatoms. The first kappa shape index (κ1) is 25.9. The van der Waals surface area contributed by atoms with Crippen molar-refractivity contribution in [2.45, 2.75) is 32.3 Å². The lowest BCUT2D eigenvalue weighted by Gasteiger charge is -2.21. The van der Waals surface area contributed by atoms with E-state index in [0.717, 1.165) is 45.0 Å². The van der Waals surface area contributed by atoms with Crippen LogP contribution in [0.3, 0.4) is 0 Å². The van der Waals surface area contributed by atoms with E-state index in [-0.39, 0.29) is 35.9 Å². The predicted octanol–water partition coefficient (Wildman–Crippen LogP) is 2.79. The first-order chi connectivity index (χ1) is 13.6. The Morgan fingerprint density at radius 3 is 2.79 bits per heavy atom. The molecule has 0 aliphatic carbocycles. The zero-order valence-electron chi connectivity index (χ0n) is 18.0. The van der Waals surface area contributed by atoms with Gasteiger partial charge in [-0.3, -0.25) is 4.99 Å². The Balaban J connectivity index is 0.00000420. The topological polar surface area (TPSA) is 52.1 Å². The van der Waals surface area contributed by atoms with Gasteiger partial charge in [-0.1, -0.05) is 13.0 Å². The maximum absolute atomic E-state index is 13.3. The van der Waals surface area contributed by atoms with Crippen LogP contribution in [0.4, 0.5) is 4.39 Å². The second-order valence-electron chi connectivity index (χ2n) is 7.34. The molecule has 6 nitrogen and oxygen atoms in total. The quantitative estimate of drug-likeness (QED) is 0.227. The van der Waals surface area contributed by atoms with Gasteiger partial charge < -0.3 is 25.2 Å². The van der Waals surface area contributed by atoms with Crippen molar-refractivity contribution >= 4 is 29.9 Å². The van der Waals surface area contributed by atoms with Crippen LogP contribution in [-0.2, 0) is 0 Å². The third-order valence-electron chi connectivity index (χ3n) is 5.03. The summed E-state index contributed by atoms with van der Waals surface area (Å²) in [4.78, 5) is 9.23.